The molecule has 396 valence electrons. The van der Waals surface area contributed by atoms with Gasteiger partial charge in [-0.3, -0.25) is 14.7 Å². The predicted octanol–water partition coefficient (Wildman–Crippen LogP) is 19.6. The largest absolute Gasteiger partial charge is 0.309 e. The molecular formula is C75H51N9. The SMILES string of the molecule is c1ccc(N(c2ccc3c(c2)c2ccccc2n3-c2ccccc2)c2nc(N(c3ccccc3)c3ccc4c5ccccc5n(-c5ccccc5)c4c3)nc(N(c3ccccc3)c3ccc4c5ccccc5n(-c5ccccc5)c4c3)n2)cc1. The van der Waals surface area contributed by atoms with Crippen LogP contribution in [0.15, 0.2) is 309 Å². The number of rotatable bonds is 12. The van der Waals surface area contributed by atoms with Gasteiger partial charge in [-0.05, 0) is 133 Å². The summed E-state index contributed by atoms with van der Waals surface area (Å²) in [6.07, 6.45) is 0. The second kappa shape index (κ2) is 20.2. The summed E-state index contributed by atoms with van der Waals surface area (Å²) in [4.78, 5) is 23.7. The van der Waals surface area contributed by atoms with Crippen LogP contribution in [0.3, 0.4) is 0 Å². The second-order valence-corrected chi connectivity index (χ2v) is 20.9. The van der Waals surface area contributed by atoms with Gasteiger partial charge in [0.15, 0.2) is 0 Å². The molecular weight excluding hydrogens is 1030 g/mol. The highest BCUT2D eigenvalue weighted by atomic mass is 15.4. The smallest absolute Gasteiger partial charge is 0.241 e. The van der Waals surface area contributed by atoms with E-state index < -0.39 is 0 Å². The van der Waals surface area contributed by atoms with Gasteiger partial charge in [-0.1, -0.05) is 176 Å². The zero-order chi connectivity index (χ0) is 55.5. The molecule has 12 aromatic carbocycles. The summed E-state index contributed by atoms with van der Waals surface area (Å²) in [5.41, 5.74) is 15.1. The minimum absolute atomic E-state index is 0.422. The lowest BCUT2D eigenvalue weighted by Crippen LogP contribution is -2.22. The lowest BCUT2D eigenvalue weighted by atomic mass is 10.1. The van der Waals surface area contributed by atoms with E-state index in [1.807, 2.05) is 18.2 Å². The van der Waals surface area contributed by atoms with Gasteiger partial charge in [-0.25, -0.2) is 0 Å². The van der Waals surface area contributed by atoms with Crippen LogP contribution < -0.4 is 14.7 Å². The second-order valence-electron chi connectivity index (χ2n) is 20.9. The summed E-state index contributed by atoms with van der Waals surface area (Å²) in [5, 5.41) is 6.86. The molecule has 0 saturated heterocycles. The molecule has 0 aliphatic carbocycles. The fraction of sp³-hybridized carbons (Fsp3) is 0. The van der Waals surface area contributed by atoms with Crippen molar-refractivity contribution in [3.05, 3.63) is 309 Å². The number of anilines is 9. The van der Waals surface area contributed by atoms with E-state index in [4.69, 9.17) is 15.0 Å². The van der Waals surface area contributed by atoms with Crippen LogP contribution in [0.25, 0.3) is 82.5 Å². The van der Waals surface area contributed by atoms with Crippen molar-refractivity contribution >= 4 is 117 Å². The lowest BCUT2D eigenvalue weighted by Gasteiger charge is -2.30. The zero-order valence-electron chi connectivity index (χ0n) is 45.5. The van der Waals surface area contributed by atoms with Crippen molar-refractivity contribution < 1.29 is 0 Å². The summed E-state index contributed by atoms with van der Waals surface area (Å²) < 4.78 is 7.05. The van der Waals surface area contributed by atoms with Crippen LogP contribution in [0.4, 0.5) is 52.0 Å². The van der Waals surface area contributed by atoms with Crippen LogP contribution in [-0.2, 0) is 0 Å². The molecule has 84 heavy (non-hydrogen) atoms. The monoisotopic (exact) mass is 1080 g/mol. The maximum absolute atomic E-state index is 5.73. The van der Waals surface area contributed by atoms with Crippen LogP contribution in [0.5, 0.6) is 0 Å². The van der Waals surface area contributed by atoms with E-state index in [1.165, 1.54) is 10.8 Å². The molecule has 0 aliphatic rings. The maximum Gasteiger partial charge on any atom is 0.241 e. The van der Waals surface area contributed by atoms with Gasteiger partial charge in [-0.15, -0.1) is 0 Å². The molecule has 9 heteroatoms. The Kier molecular flexibility index (Phi) is 11.6. The third-order valence-corrected chi connectivity index (χ3v) is 16.0. The molecule has 0 spiro atoms. The van der Waals surface area contributed by atoms with Gasteiger partial charge >= 0.3 is 0 Å². The van der Waals surface area contributed by atoms with Crippen molar-refractivity contribution in [2.45, 2.75) is 0 Å². The highest BCUT2D eigenvalue weighted by Crippen LogP contribution is 2.45. The van der Waals surface area contributed by atoms with Crippen molar-refractivity contribution in [3.63, 3.8) is 0 Å². The Balaban J connectivity index is 0.983. The molecule has 0 fully saturated rings. The summed E-state index contributed by atoms with van der Waals surface area (Å²) in [7, 11) is 0. The first-order valence-corrected chi connectivity index (χ1v) is 28.3. The Morgan fingerprint density at radius 3 is 0.821 bits per heavy atom. The van der Waals surface area contributed by atoms with E-state index in [0.29, 0.717) is 17.8 Å². The van der Waals surface area contributed by atoms with Crippen molar-refractivity contribution in [2.24, 2.45) is 0 Å². The molecule has 0 bridgehead atoms. The number of hydrogen-bond acceptors (Lipinski definition) is 6. The number of aromatic nitrogens is 6. The predicted molar refractivity (Wildman–Crippen MR) is 347 cm³/mol. The van der Waals surface area contributed by atoms with Crippen LogP contribution in [0.2, 0.25) is 0 Å². The molecule has 9 nitrogen and oxygen atoms in total. The van der Waals surface area contributed by atoms with Gasteiger partial charge in [0, 0.05) is 72.1 Å². The normalized spacial score (nSPS) is 11.6. The van der Waals surface area contributed by atoms with Crippen LogP contribution in [0, 0.1) is 0 Å². The van der Waals surface area contributed by atoms with Gasteiger partial charge in [-0.2, -0.15) is 15.0 Å². The lowest BCUT2D eigenvalue weighted by molar-refractivity contribution is 0.962. The first-order valence-electron chi connectivity index (χ1n) is 28.3. The standard InChI is InChI=1S/C75H51N9/c1-7-25-52(26-8-1)79(58-45-48-70-66(49-58)63-39-21-24-42-69(63)82(70)55-31-13-4-14-32-55)73-76-74(80(53-27-9-2-10-28-53)59-43-46-64-61-37-19-22-40-67(61)83(71(64)50-59)56-33-15-5-16-34-56)78-75(77-73)81(54-29-11-3-12-30-54)60-44-47-65-62-38-20-23-41-68(62)84(72(65)51-60)57-35-17-6-18-36-57/h1-51H. The van der Waals surface area contributed by atoms with Gasteiger partial charge < -0.3 is 13.7 Å². The Morgan fingerprint density at radius 2 is 0.452 bits per heavy atom. The van der Waals surface area contributed by atoms with E-state index in [1.54, 1.807) is 0 Å². The topological polar surface area (TPSA) is 63.2 Å². The van der Waals surface area contributed by atoms with Crippen LogP contribution in [-0.4, -0.2) is 28.7 Å². The molecule has 4 heterocycles. The molecule has 0 N–H and O–H groups in total. The molecule has 0 aliphatic heterocycles. The fourth-order valence-electron chi connectivity index (χ4n) is 12.4. The van der Waals surface area contributed by atoms with Gasteiger partial charge in [0.1, 0.15) is 0 Å². The maximum atomic E-state index is 5.73. The number of benzene rings is 12. The van der Waals surface area contributed by atoms with Crippen molar-refractivity contribution in [1.82, 2.24) is 28.7 Å². The summed E-state index contributed by atoms with van der Waals surface area (Å²) in [6.45, 7) is 0. The Hall–Kier alpha value is -11.6. The third-order valence-electron chi connectivity index (χ3n) is 16.0. The average molecular weight is 1080 g/mol. The molecule has 4 aromatic heterocycles. The van der Waals surface area contributed by atoms with Gasteiger partial charge in [0.25, 0.3) is 0 Å². The summed E-state index contributed by atoms with van der Waals surface area (Å²) >= 11 is 0. The molecule has 16 rings (SSSR count). The molecule has 0 radical (unpaired) electrons. The van der Waals surface area contributed by atoms with Gasteiger partial charge in [0.05, 0.1) is 44.5 Å². The highest BCUT2D eigenvalue weighted by Gasteiger charge is 2.28. The summed E-state index contributed by atoms with van der Waals surface area (Å²) in [5.74, 6) is 1.27. The quantitative estimate of drug-likeness (QED) is 0.121. The van der Waals surface area contributed by atoms with Gasteiger partial charge in [0.2, 0.25) is 17.8 Å². The molecule has 0 atom stereocenters. The highest BCUT2D eigenvalue weighted by molar-refractivity contribution is 6.13. The number of para-hydroxylation sites is 9. The van der Waals surface area contributed by atoms with E-state index in [2.05, 4.69) is 320 Å². The van der Waals surface area contributed by atoms with Crippen molar-refractivity contribution in [3.8, 4) is 17.1 Å². The minimum atomic E-state index is 0.422. The van der Waals surface area contributed by atoms with Crippen LogP contribution in [0.1, 0.15) is 0 Å². The minimum Gasteiger partial charge on any atom is -0.309 e. The van der Waals surface area contributed by atoms with Crippen molar-refractivity contribution in [1.29, 1.82) is 0 Å². The van der Waals surface area contributed by atoms with E-state index in [-0.39, 0.29) is 0 Å². The Labute approximate surface area is 484 Å². The zero-order valence-corrected chi connectivity index (χ0v) is 45.5. The molecule has 0 amide bonds. The first kappa shape index (κ1) is 48.4. The van der Waals surface area contributed by atoms with E-state index in [9.17, 15) is 0 Å². The van der Waals surface area contributed by atoms with Crippen LogP contribution >= 0.6 is 0 Å². The third kappa shape index (κ3) is 8.13. The number of hydrogen-bond donors (Lipinski definition) is 0. The molecule has 16 aromatic rings. The Bertz CT molecular complexity index is 4860. The fourth-order valence-corrected chi connectivity index (χ4v) is 12.4. The first-order chi connectivity index (χ1) is 41.7. The molecule has 0 unspecified atom stereocenters. The van der Waals surface area contributed by atoms with Crippen molar-refractivity contribution in [2.75, 3.05) is 14.7 Å². The Morgan fingerprint density at radius 1 is 0.190 bits per heavy atom. The molecule has 0 saturated carbocycles. The number of fused-ring (bicyclic) bond motifs is 9. The van der Waals surface area contributed by atoms with E-state index >= 15 is 0 Å². The number of nitrogens with zero attached hydrogens (tertiary/aromatic N) is 9. The van der Waals surface area contributed by atoms with E-state index in [0.717, 1.165) is 106 Å². The summed E-state index contributed by atoms with van der Waals surface area (Å²) in [6, 6.07) is 109. The average Bonchev–Trinajstić information content (AvgIpc) is 2.46.